The summed E-state index contributed by atoms with van der Waals surface area (Å²) in [6, 6.07) is -0.129. The number of amides is 2. The van der Waals surface area contributed by atoms with Crippen molar-refractivity contribution >= 4 is 18.0 Å². The van der Waals surface area contributed by atoms with E-state index in [2.05, 4.69) is 4.98 Å². The fraction of sp³-hybridized carbons (Fsp3) is 0.682. The summed E-state index contributed by atoms with van der Waals surface area (Å²) in [5, 5.41) is 0. The van der Waals surface area contributed by atoms with Gasteiger partial charge in [-0.1, -0.05) is 0 Å². The summed E-state index contributed by atoms with van der Waals surface area (Å²) >= 11 is 0. The maximum atomic E-state index is 13.0. The number of rotatable bonds is 8. The Kier molecular flexibility index (Phi) is 8.84. The van der Waals surface area contributed by atoms with Crippen LogP contribution in [0, 0.1) is 6.92 Å². The number of hydrogen-bond donors (Lipinski definition) is 1. The van der Waals surface area contributed by atoms with E-state index in [0.717, 1.165) is 17.4 Å². The number of aromatic amines is 1. The molecular formula is C22H34N4O7. The SMILES string of the molecule is CCOC(=O)CN(CC[C@@H]1CCCN1C(=O)OC(C)(C)C)C(=O)Cn1cc(C)c(=O)[nH]c1=O. The van der Waals surface area contributed by atoms with E-state index in [-0.39, 0.29) is 32.3 Å². The van der Waals surface area contributed by atoms with E-state index in [0.29, 0.717) is 18.5 Å². The lowest BCUT2D eigenvalue weighted by molar-refractivity contribution is -0.149. The van der Waals surface area contributed by atoms with Crippen molar-refractivity contribution in [1.82, 2.24) is 19.4 Å². The predicted molar refractivity (Wildman–Crippen MR) is 120 cm³/mol. The highest BCUT2D eigenvalue weighted by Gasteiger charge is 2.33. The van der Waals surface area contributed by atoms with Gasteiger partial charge in [0.25, 0.3) is 5.56 Å². The van der Waals surface area contributed by atoms with Crippen molar-refractivity contribution in [3.05, 3.63) is 32.6 Å². The van der Waals surface area contributed by atoms with E-state index in [1.54, 1.807) is 32.6 Å². The molecular weight excluding hydrogens is 432 g/mol. The number of aromatic nitrogens is 2. The van der Waals surface area contributed by atoms with Crippen molar-refractivity contribution in [2.24, 2.45) is 0 Å². The average Bonchev–Trinajstić information content (AvgIpc) is 3.17. The van der Waals surface area contributed by atoms with E-state index < -0.39 is 34.8 Å². The van der Waals surface area contributed by atoms with Crippen LogP contribution in [0.2, 0.25) is 0 Å². The maximum absolute atomic E-state index is 13.0. The van der Waals surface area contributed by atoms with Gasteiger partial charge in [-0.2, -0.15) is 0 Å². The van der Waals surface area contributed by atoms with Gasteiger partial charge in [0.2, 0.25) is 5.91 Å². The second kappa shape index (κ2) is 11.2. The van der Waals surface area contributed by atoms with Gasteiger partial charge >= 0.3 is 17.8 Å². The van der Waals surface area contributed by atoms with Crippen molar-refractivity contribution in [1.29, 1.82) is 0 Å². The van der Waals surface area contributed by atoms with Crippen molar-refractivity contribution in [2.45, 2.75) is 72.1 Å². The summed E-state index contributed by atoms with van der Waals surface area (Å²) in [4.78, 5) is 66.4. The van der Waals surface area contributed by atoms with Gasteiger partial charge in [-0.25, -0.2) is 9.59 Å². The molecule has 1 aromatic rings. The maximum Gasteiger partial charge on any atom is 0.410 e. The Morgan fingerprint density at radius 2 is 1.94 bits per heavy atom. The summed E-state index contributed by atoms with van der Waals surface area (Å²) in [7, 11) is 0. The third kappa shape index (κ3) is 7.76. The molecule has 0 bridgehead atoms. The number of H-pyrrole nitrogens is 1. The second-order valence-corrected chi connectivity index (χ2v) is 9.08. The number of nitrogens with zero attached hydrogens (tertiary/aromatic N) is 3. The number of carbonyl (C=O) groups is 3. The van der Waals surface area contributed by atoms with Crippen LogP contribution in [-0.4, -0.2) is 75.2 Å². The molecule has 2 rings (SSSR count). The topological polar surface area (TPSA) is 131 Å². The molecule has 184 valence electrons. The Hall–Kier alpha value is -3.11. The minimum atomic E-state index is -0.707. The third-order valence-corrected chi connectivity index (χ3v) is 5.21. The zero-order valence-electron chi connectivity index (χ0n) is 20.0. The van der Waals surface area contributed by atoms with Crippen LogP contribution in [0.25, 0.3) is 0 Å². The minimum Gasteiger partial charge on any atom is -0.465 e. The smallest absolute Gasteiger partial charge is 0.410 e. The number of nitrogens with one attached hydrogen (secondary N) is 1. The third-order valence-electron chi connectivity index (χ3n) is 5.21. The molecule has 0 aromatic carbocycles. The number of likely N-dealkylation sites (tertiary alicyclic amines) is 1. The molecule has 0 aliphatic carbocycles. The van der Waals surface area contributed by atoms with E-state index in [4.69, 9.17) is 9.47 Å². The molecule has 11 heteroatoms. The van der Waals surface area contributed by atoms with Crippen LogP contribution in [-0.2, 0) is 25.6 Å². The first-order valence-electron chi connectivity index (χ1n) is 11.1. The molecule has 1 aliphatic heterocycles. The van der Waals surface area contributed by atoms with Crippen LogP contribution in [0.4, 0.5) is 4.79 Å². The zero-order valence-corrected chi connectivity index (χ0v) is 20.0. The fourth-order valence-corrected chi connectivity index (χ4v) is 3.64. The number of aryl methyl sites for hydroxylation is 1. The summed E-state index contributed by atoms with van der Waals surface area (Å²) in [6.07, 6.45) is 2.94. The standard InChI is InChI=1S/C22H34N4O7/c1-6-32-18(28)14-24(17(27)13-25-12-15(2)19(29)23-20(25)30)11-9-16-8-7-10-26(16)21(31)33-22(3,4)5/h12,16H,6-11,13-14H2,1-5H3,(H,23,29,30)/t16-/m0/s1. The van der Waals surface area contributed by atoms with Gasteiger partial charge < -0.3 is 19.3 Å². The molecule has 0 spiro atoms. The molecule has 1 fully saturated rings. The van der Waals surface area contributed by atoms with Gasteiger partial charge in [0.05, 0.1) is 6.61 Å². The van der Waals surface area contributed by atoms with Gasteiger partial charge in [-0.15, -0.1) is 0 Å². The van der Waals surface area contributed by atoms with E-state index in [9.17, 15) is 24.0 Å². The van der Waals surface area contributed by atoms with E-state index in [1.165, 1.54) is 18.0 Å². The molecule has 1 atom stereocenters. The average molecular weight is 467 g/mol. The molecule has 33 heavy (non-hydrogen) atoms. The van der Waals surface area contributed by atoms with Gasteiger partial charge in [0, 0.05) is 30.9 Å². The quantitative estimate of drug-likeness (QED) is 0.566. The summed E-state index contributed by atoms with van der Waals surface area (Å²) in [6.45, 7) is 8.93. The normalized spacial score (nSPS) is 15.9. The summed E-state index contributed by atoms with van der Waals surface area (Å²) in [5.74, 6) is -1.04. The fourth-order valence-electron chi connectivity index (χ4n) is 3.64. The van der Waals surface area contributed by atoms with Crippen LogP contribution in [0.15, 0.2) is 15.8 Å². The Labute approximate surface area is 192 Å². The molecule has 1 aliphatic rings. The lowest BCUT2D eigenvalue weighted by Crippen LogP contribution is -2.45. The Morgan fingerprint density at radius 1 is 1.24 bits per heavy atom. The highest BCUT2D eigenvalue weighted by molar-refractivity contribution is 5.82. The molecule has 1 aromatic heterocycles. The van der Waals surface area contributed by atoms with Crippen molar-refractivity contribution in [2.75, 3.05) is 26.2 Å². The van der Waals surface area contributed by atoms with E-state index in [1.807, 2.05) is 0 Å². The lowest BCUT2D eigenvalue weighted by atomic mass is 10.1. The van der Waals surface area contributed by atoms with Crippen LogP contribution < -0.4 is 11.2 Å². The summed E-state index contributed by atoms with van der Waals surface area (Å²) < 4.78 is 11.6. The molecule has 1 N–H and O–H groups in total. The first-order valence-corrected chi connectivity index (χ1v) is 11.1. The predicted octanol–water partition coefficient (Wildman–Crippen LogP) is 1.03. The van der Waals surface area contributed by atoms with Gasteiger partial charge in [-0.05, 0) is 53.9 Å². The number of esters is 1. The monoisotopic (exact) mass is 466 g/mol. The first kappa shape index (κ1) is 26.1. The van der Waals surface area contributed by atoms with Crippen LogP contribution in [0.3, 0.4) is 0 Å². The second-order valence-electron chi connectivity index (χ2n) is 9.08. The first-order chi connectivity index (χ1) is 15.4. The molecule has 11 nitrogen and oxygen atoms in total. The molecule has 0 unspecified atom stereocenters. The largest absolute Gasteiger partial charge is 0.465 e. The summed E-state index contributed by atoms with van der Waals surface area (Å²) in [5.41, 5.74) is -1.55. The van der Waals surface area contributed by atoms with Gasteiger partial charge in [0.15, 0.2) is 0 Å². The zero-order chi connectivity index (χ0) is 24.8. The Balaban J connectivity index is 2.12. The number of carbonyl (C=O) groups excluding carboxylic acids is 3. The number of ether oxygens (including phenoxy) is 2. The molecule has 0 saturated carbocycles. The van der Waals surface area contributed by atoms with Crippen LogP contribution >= 0.6 is 0 Å². The lowest BCUT2D eigenvalue weighted by Gasteiger charge is -2.30. The van der Waals surface area contributed by atoms with Crippen molar-refractivity contribution in [3.63, 3.8) is 0 Å². The molecule has 2 amide bonds. The van der Waals surface area contributed by atoms with E-state index >= 15 is 0 Å². The van der Waals surface area contributed by atoms with Gasteiger partial charge in [-0.3, -0.25) is 23.9 Å². The molecule has 1 saturated heterocycles. The van der Waals surface area contributed by atoms with Crippen LogP contribution in [0.1, 0.15) is 52.5 Å². The highest BCUT2D eigenvalue weighted by Crippen LogP contribution is 2.23. The van der Waals surface area contributed by atoms with Crippen molar-refractivity contribution in [3.8, 4) is 0 Å². The molecule has 0 radical (unpaired) electrons. The highest BCUT2D eigenvalue weighted by atomic mass is 16.6. The minimum absolute atomic E-state index is 0.129. The van der Waals surface area contributed by atoms with Crippen molar-refractivity contribution < 1.29 is 23.9 Å². The Bertz CT molecular complexity index is 976. The Morgan fingerprint density at radius 3 is 2.58 bits per heavy atom. The van der Waals surface area contributed by atoms with Gasteiger partial charge in [0.1, 0.15) is 18.7 Å². The molecule has 2 heterocycles. The number of hydrogen-bond acceptors (Lipinski definition) is 7. The van der Waals surface area contributed by atoms with Crippen LogP contribution in [0.5, 0.6) is 0 Å².